The van der Waals surface area contributed by atoms with Crippen LogP contribution < -0.4 is 5.32 Å². The predicted octanol–water partition coefficient (Wildman–Crippen LogP) is 10.7. The van der Waals surface area contributed by atoms with E-state index in [2.05, 4.69) is 133 Å². The molecule has 5 aromatic carbocycles. The van der Waals surface area contributed by atoms with Crippen LogP contribution in [0.5, 0.6) is 0 Å². The van der Waals surface area contributed by atoms with Gasteiger partial charge in [0.05, 0.1) is 5.69 Å². The zero-order chi connectivity index (χ0) is 25.6. The lowest BCUT2D eigenvalue weighted by Crippen LogP contribution is -2.10. The summed E-state index contributed by atoms with van der Waals surface area (Å²) in [5, 5.41) is 5.85. The van der Waals surface area contributed by atoms with Gasteiger partial charge in [-0.05, 0) is 69.6 Å². The molecule has 0 spiro atoms. The van der Waals surface area contributed by atoms with Crippen LogP contribution >= 0.6 is 15.9 Å². The molecule has 1 heterocycles. The highest BCUT2D eigenvalue weighted by atomic mass is 79.9. The average molecular weight is 547 g/mol. The van der Waals surface area contributed by atoms with Gasteiger partial charge >= 0.3 is 0 Å². The van der Waals surface area contributed by atoms with E-state index in [-0.39, 0.29) is 5.41 Å². The topological polar surface area (TPSA) is 25.2 Å². The lowest BCUT2D eigenvalue weighted by atomic mass is 9.87. The van der Waals surface area contributed by atoms with E-state index in [0.717, 1.165) is 48.9 Å². The second kappa shape index (κ2) is 9.24. The second-order valence-corrected chi connectivity index (χ2v) is 11.3. The molecule has 6 rings (SSSR count). The number of para-hydroxylation sites is 1. The van der Waals surface area contributed by atoms with E-state index in [4.69, 9.17) is 4.42 Å². The van der Waals surface area contributed by atoms with Crippen molar-refractivity contribution in [2.24, 2.45) is 0 Å². The third-order valence-corrected chi connectivity index (χ3v) is 7.61. The number of furan rings is 1. The molecule has 0 aliphatic rings. The Balaban J connectivity index is 1.49. The number of rotatable bonds is 4. The molecule has 3 heteroatoms. The van der Waals surface area contributed by atoms with Gasteiger partial charge in [-0.2, -0.15) is 0 Å². The Bertz CT molecular complexity index is 1740. The van der Waals surface area contributed by atoms with Crippen molar-refractivity contribution >= 4 is 49.2 Å². The van der Waals surface area contributed by atoms with Gasteiger partial charge in [-0.3, -0.25) is 0 Å². The number of halogens is 1. The summed E-state index contributed by atoms with van der Waals surface area (Å²) >= 11 is 3.71. The molecule has 0 saturated carbocycles. The molecule has 0 unspecified atom stereocenters. The van der Waals surface area contributed by atoms with Crippen LogP contribution in [0.2, 0.25) is 0 Å². The Hall–Kier alpha value is -3.82. The molecule has 0 atom stereocenters. The van der Waals surface area contributed by atoms with Gasteiger partial charge in [0, 0.05) is 20.9 Å². The van der Waals surface area contributed by atoms with E-state index < -0.39 is 0 Å². The van der Waals surface area contributed by atoms with Gasteiger partial charge in [-0.25, -0.2) is 0 Å². The molecule has 1 N–H and O–H groups in total. The fourth-order valence-corrected chi connectivity index (χ4v) is 5.44. The van der Waals surface area contributed by atoms with E-state index in [0.29, 0.717) is 0 Å². The highest BCUT2D eigenvalue weighted by Gasteiger charge is 2.18. The predicted molar refractivity (Wildman–Crippen MR) is 161 cm³/mol. The van der Waals surface area contributed by atoms with Gasteiger partial charge in [0.15, 0.2) is 5.58 Å². The van der Waals surface area contributed by atoms with Gasteiger partial charge in [-0.15, -0.1) is 0 Å². The summed E-state index contributed by atoms with van der Waals surface area (Å²) in [5.41, 5.74) is 9.85. The van der Waals surface area contributed by atoms with Crippen LogP contribution in [0, 0.1) is 0 Å². The summed E-state index contributed by atoms with van der Waals surface area (Å²) in [7, 11) is 0. The zero-order valence-corrected chi connectivity index (χ0v) is 22.8. The van der Waals surface area contributed by atoms with Crippen molar-refractivity contribution in [3.8, 4) is 22.3 Å². The van der Waals surface area contributed by atoms with Crippen LogP contribution in [0.4, 0.5) is 11.4 Å². The largest absolute Gasteiger partial charge is 0.454 e. The first-order valence-electron chi connectivity index (χ1n) is 12.6. The number of nitrogens with one attached hydrogen (secondary N) is 1. The molecule has 37 heavy (non-hydrogen) atoms. The Labute approximate surface area is 226 Å². The van der Waals surface area contributed by atoms with Crippen LogP contribution in [0.25, 0.3) is 44.2 Å². The molecule has 1 aromatic heterocycles. The van der Waals surface area contributed by atoms with E-state index in [9.17, 15) is 0 Å². The first-order chi connectivity index (χ1) is 17.9. The number of fused-ring (bicyclic) bond motifs is 3. The molecule has 0 aliphatic heterocycles. The Morgan fingerprint density at radius 2 is 1.38 bits per heavy atom. The SMILES string of the molecule is CC(C)(C)c1ccc(Nc2ccc(-c3cccc(-c4ccccc4Br)c3)c3c2oc2ccccc23)cc1. The van der Waals surface area contributed by atoms with Gasteiger partial charge in [-0.1, -0.05) is 109 Å². The standard InChI is InChI=1S/C34H28BrNO/c1-34(2,3)24-15-17-25(18-16-24)36-30-20-19-27(32-28-12-5-7-14-31(28)37-33(30)32)23-10-8-9-22(21-23)26-11-4-6-13-29(26)35/h4-21,36H,1-3H3. The van der Waals surface area contributed by atoms with E-state index in [1.54, 1.807) is 0 Å². The maximum atomic E-state index is 6.46. The molecular formula is C34H28BrNO. The molecule has 0 aliphatic carbocycles. The van der Waals surface area contributed by atoms with Crippen molar-refractivity contribution in [1.29, 1.82) is 0 Å². The minimum Gasteiger partial charge on any atom is -0.454 e. The maximum absolute atomic E-state index is 6.46. The molecule has 2 nitrogen and oxygen atoms in total. The number of anilines is 2. The lowest BCUT2D eigenvalue weighted by Gasteiger charge is -2.19. The molecule has 0 radical (unpaired) electrons. The third kappa shape index (κ3) is 4.45. The van der Waals surface area contributed by atoms with Crippen molar-refractivity contribution in [3.63, 3.8) is 0 Å². The van der Waals surface area contributed by atoms with Crippen LogP contribution in [-0.4, -0.2) is 0 Å². The summed E-state index contributed by atoms with van der Waals surface area (Å²) < 4.78 is 7.55. The van der Waals surface area contributed by atoms with E-state index >= 15 is 0 Å². The maximum Gasteiger partial charge on any atom is 0.159 e. The summed E-state index contributed by atoms with van der Waals surface area (Å²) in [5.74, 6) is 0. The van der Waals surface area contributed by atoms with Crippen LogP contribution in [-0.2, 0) is 5.41 Å². The first kappa shape index (κ1) is 23.6. The van der Waals surface area contributed by atoms with Gasteiger partial charge in [0.25, 0.3) is 0 Å². The first-order valence-corrected chi connectivity index (χ1v) is 13.3. The third-order valence-electron chi connectivity index (χ3n) is 6.91. The molecule has 6 aromatic rings. The van der Waals surface area contributed by atoms with Crippen molar-refractivity contribution in [3.05, 3.63) is 119 Å². The van der Waals surface area contributed by atoms with Gasteiger partial charge in [0.1, 0.15) is 5.58 Å². The molecule has 0 saturated heterocycles. The van der Waals surface area contributed by atoms with E-state index in [1.807, 2.05) is 18.2 Å². The van der Waals surface area contributed by atoms with Gasteiger partial charge < -0.3 is 9.73 Å². The average Bonchev–Trinajstić information content (AvgIpc) is 3.29. The van der Waals surface area contributed by atoms with Crippen LogP contribution in [0.1, 0.15) is 26.3 Å². The molecular weight excluding hydrogens is 518 g/mol. The summed E-state index contributed by atoms with van der Waals surface area (Å²) in [6.45, 7) is 6.70. The van der Waals surface area contributed by atoms with Crippen LogP contribution in [0.3, 0.4) is 0 Å². The zero-order valence-electron chi connectivity index (χ0n) is 21.2. The number of benzene rings is 5. The monoisotopic (exact) mass is 545 g/mol. The summed E-state index contributed by atoms with van der Waals surface area (Å²) in [4.78, 5) is 0. The number of hydrogen-bond acceptors (Lipinski definition) is 2. The lowest BCUT2D eigenvalue weighted by molar-refractivity contribution is 0.590. The highest BCUT2D eigenvalue weighted by molar-refractivity contribution is 9.10. The molecule has 0 fully saturated rings. The molecule has 0 bridgehead atoms. The van der Waals surface area contributed by atoms with Crippen molar-refractivity contribution in [2.75, 3.05) is 5.32 Å². The normalized spacial score (nSPS) is 11.8. The highest BCUT2D eigenvalue weighted by Crippen LogP contribution is 2.42. The minimum absolute atomic E-state index is 0.121. The Kier molecular flexibility index (Phi) is 5.89. The quantitative estimate of drug-likeness (QED) is 0.238. The van der Waals surface area contributed by atoms with Crippen molar-refractivity contribution in [1.82, 2.24) is 0 Å². The van der Waals surface area contributed by atoms with Gasteiger partial charge in [0.2, 0.25) is 0 Å². The number of hydrogen-bond donors (Lipinski definition) is 1. The molecule has 182 valence electrons. The summed E-state index contributed by atoms with van der Waals surface area (Å²) in [6, 6.07) is 38.3. The fraction of sp³-hybridized carbons (Fsp3) is 0.118. The van der Waals surface area contributed by atoms with E-state index in [1.165, 1.54) is 16.7 Å². The van der Waals surface area contributed by atoms with Crippen LogP contribution in [0.15, 0.2) is 118 Å². The Morgan fingerprint density at radius 3 is 2.14 bits per heavy atom. The smallest absolute Gasteiger partial charge is 0.159 e. The van der Waals surface area contributed by atoms with Crippen molar-refractivity contribution in [2.45, 2.75) is 26.2 Å². The Morgan fingerprint density at radius 1 is 0.676 bits per heavy atom. The second-order valence-electron chi connectivity index (χ2n) is 10.5. The minimum atomic E-state index is 0.121. The summed E-state index contributed by atoms with van der Waals surface area (Å²) in [6.07, 6.45) is 0. The fourth-order valence-electron chi connectivity index (χ4n) is 4.93. The van der Waals surface area contributed by atoms with Crippen molar-refractivity contribution < 1.29 is 4.42 Å². The molecule has 0 amide bonds.